The minimum absolute atomic E-state index is 0.0133. The first-order chi connectivity index (χ1) is 8.99. The fourth-order valence-corrected chi connectivity index (χ4v) is 2.06. The van der Waals surface area contributed by atoms with Crippen LogP contribution in [0.1, 0.15) is 47.5 Å². The van der Waals surface area contributed by atoms with E-state index < -0.39 is 9.93 Å². The normalized spacial score (nSPS) is 20.5. The molecule has 20 heavy (non-hydrogen) atoms. The molecule has 5 nitrogen and oxygen atoms in total. The van der Waals surface area contributed by atoms with Crippen LogP contribution >= 0.6 is 15.9 Å². The van der Waals surface area contributed by atoms with Gasteiger partial charge < -0.3 is 15.0 Å². The Balaban J connectivity index is 2.55. The molecule has 1 rings (SSSR count). The van der Waals surface area contributed by atoms with Gasteiger partial charge in [-0.25, -0.2) is 4.79 Å². The smallest absolute Gasteiger partial charge is 0.410 e. The molecule has 6 heteroatoms. The van der Waals surface area contributed by atoms with Gasteiger partial charge in [0.1, 0.15) is 5.60 Å². The van der Waals surface area contributed by atoms with Gasteiger partial charge in [-0.1, -0.05) is 15.9 Å². The summed E-state index contributed by atoms with van der Waals surface area (Å²) in [4.78, 5) is 25.6. The summed E-state index contributed by atoms with van der Waals surface area (Å²) in [5.74, 6) is -0.0615. The van der Waals surface area contributed by atoms with Crippen LogP contribution in [0.15, 0.2) is 0 Å². The predicted molar refractivity (Wildman–Crippen MR) is 82.0 cm³/mol. The number of ether oxygens (including phenoxy) is 1. The third kappa shape index (κ3) is 5.69. The largest absolute Gasteiger partial charge is 0.444 e. The number of likely N-dealkylation sites (tertiary alicyclic amines) is 1. The van der Waals surface area contributed by atoms with Crippen molar-refractivity contribution < 1.29 is 14.3 Å². The fraction of sp³-hybridized carbons (Fsp3) is 0.857. The van der Waals surface area contributed by atoms with Crippen molar-refractivity contribution in [1.29, 1.82) is 0 Å². The van der Waals surface area contributed by atoms with E-state index in [1.165, 1.54) is 0 Å². The molecule has 0 aromatic heterocycles. The van der Waals surface area contributed by atoms with Gasteiger partial charge in [0.25, 0.3) is 0 Å². The summed E-state index contributed by atoms with van der Waals surface area (Å²) in [6.45, 7) is 10.3. The third-order valence-electron chi connectivity index (χ3n) is 2.95. The summed E-state index contributed by atoms with van der Waals surface area (Å²) in [5.41, 5.74) is -0.495. The molecule has 0 unspecified atom stereocenters. The molecule has 0 aromatic rings. The van der Waals surface area contributed by atoms with Crippen LogP contribution in [0.25, 0.3) is 0 Å². The molecule has 1 aliphatic rings. The van der Waals surface area contributed by atoms with Gasteiger partial charge in [-0.2, -0.15) is 0 Å². The molecule has 0 aromatic carbocycles. The lowest BCUT2D eigenvalue weighted by atomic mass is 10.0. The Labute approximate surface area is 129 Å². The lowest BCUT2D eigenvalue weighted by Gasteiger charge is -2.35. The molecule has 0 radical (unpaired) electrons. The van der Waals surface area contributed by atoms with Crippen LogP contribution in [0, 0.1) is 0 Å². The van der Waals surface area contributed by atoms with E-state index in [4.69, 9.17) is 4.74 Å². The number of hydrogen-bond acceptors (Lipinski definition) is 3. The average Bonchev–Trinajstić information content (AvgIpc) is 2.25. The number of rotatable bonds is 2. The average molecular weight is 349 g/mol. The highest BCUT2D eigenvalue weighted by atomic mass is 79.9. The van der Waals surface area contributed by atoms with Crippen LogP contribution in [-0.4, -0.2) is 46.0 Å². The van der Waals surface area contributed by atoms with Crippen molar-refractivity contribution >= 4 is 27.9 Å². The van der Waals surface area contributed by atoms with Gasteiger partial charge in [-0.3, -0.25) is 4.79 Å². The Morgan fingerprint density at radius 3 is 2.35 bits per heavy atom. The molecule has 116 valence electrons. The Kier molecular flexibility index (Phi) is 5.46. The molecule has 2 amide bonds. The topological polar surface area (TPSA) is 58.6 Å². The summed E-state index contributed by atoms with van der Waals surface area (Å²) in [6.07, 6.45) is 1.44. The summed E-state index contributed by atoms with van der Waals surface area (Å²) in [6, 6.07) is -0.0133. The molecule has 1 heterocycles. The van der Waals surface area contributed by atoms with Crippen molar-refractivity contribution in [2.45, 2.75) is 63.4 Å². The molecule has 0 bridgehead atoms. The van der Waals surface area contributed by atoms with Crippen molar-refractivity contribution in [2.75, 3.05) is 13.1 Å². The van der Waals surface area contributed by atoms with E-state index in [1.807, 2.05) is 20.8 Å². The van der Waals surface area contributed by atoms with Gasteiger partial charge in [-0.05, 0) is 47.5 Å². The number of hydrogen-bond donors (Lipinski definition) is 1. The monoisotopic (exact) mass is 348 g/mol. The highest BCUT2D eigenvalue weighted by Crippen LogP contribution is 2.19. The van der Waals surface area contributed by atoms with Gasteiger partial charge in [0.05, 0.1) is 4.32 Å². The van der Waals surface area contributed by atoms with Crippen molar-refractivity contribution in [3.05, 3.63) is 0 Å². The van der Waals surface area contributed by atoms with Gasteiger partial charge in [0.15, 0.2) is 0 Å². The zero-order valence-electron chi connectivity index (χ0n) is 13.0. The zero-order chi connectivity index (χ0) is 15.6. The third-order valence-corrected chi connectivity index (χ3v) is 3.31. The molecule has 1 saturated heterocycles. The summed E-state index contributed by atoms with van der Waals surface area (Å²) >= 11 is 3.34. The number of alkyl halides is 1. The maximum Gasteiger partial charge on any atom is 0.410 e. The van der Waals surface area contributed by atoms with E-state index in [0.717, 1.165) is 12.8 Å². The van der Waals surface area contributed by atoms with E-state index >= 15 is 0 Å². The van der Waals surface area contributed by atoms with E-state index in [1.54, 1.807) is 18.7 Å². The fourth-order valence-electron chi connectivity index (χ4n) is 1.94. The maximum absolute atomic E-state index is 12.0. The highest BCUT2D eigenvalue weighted by Gasteiger charge is 2.31. The van der Waals surface area contributed by atoms with Crippen molar-refractivity contribution in [3.8, 4) is 0 Å². The van der Waals surface area contributed by atoms with Gasteiger partial charge in [-0.15, -0.1) is 0 Å². The molecule has 1 aliphatic heterocycles. The first-order valence-electron chi connectivity index (χ1n) is 6.97. The molecule has 0 aliphatic carbocycles. The number of piperidine rings is 1. The lowest BCUT2D eigenvalue weighted by molar-refractivity contribution is -0.123. The van der Waals surface area contributed by atoms with E-state index in [0.29, 0.717) is 13.1 Å². The maximum atomic E-state index is 12.0. The number of carbonyl (C=O) groups excluding carboxylic acids is 2. The van der Waals surface area contributed by atoms with Crippen molar-refractivity contribution in [3.63, 3.8) is 0 Å². The highest BCUT2D eigenvalue weighted by molar-refractivity contribution is 9.10. The number of halogens is 1. The van der Waals surface area contributed by atoms with Crippen LogP contribution in [0.4, 0.5) is 4.79 Å². The molecular weight excluding hydrogens is 324 g/mol. The first-order valence-corrected chi connectivity index (χ1v) is 7.76. The Bertz CT molecular complexity index is 372. The molecular formula is C14H25BrN2O3. The second kappa shape index (κ2) is 6.33. The molecule has 1 N–H and O–H groups in total. The molecule has 1 fully saturated rings. The second-order valence-electron chi connectivity index (χ2n) is 6.71. The predicted octanol–water partition coefficient (Wildman–Crippen LogP) is 2.68. The van der Waals surface area contributed by atoms with Crippen LogP contribution < -0.4 is 5.32 Å². The summed E-state index contributed by atoms with van der Waals surface area (Å²) in [5, 5.41) is 2.97. The molecule has 0 saturated carbocycles. The Hall–Kier alpha value is -0.780. The van der Waals surface area contributed by atoms with Crippen LogP contribution in [0.5, 0.6) is 0 Å². The van der Waals surface area contributed by atoms with Gasteiger partial charge in [0, 0.05) is 19.1 Å². The Morgan fingerprint density at radius 2 is 1.85 bits per heavy atom. The number of carbonyl (C=O) groups is 2. The molecule has 0 spiro atoms. The Morgan fingerprint density at radius 1 is 1.25 bits per heavy atom. The zero-order valence-corrected chi connectivity index (χ0v) is 14.5. The summed E-state index contributed by atoms with van der Waals surface area (Å²) < 4.78 is 4.77. The van der Waals surface area contributed by atoms with Crippen molar-refractivity contribution in [1.82, 2.24) is 10.2 Å². The van der Waals surface area contributed by atoms with Gasteiger partial charge in [0.2, 0.25) is 5.91 Å². The lowest BCUT2D eigenvalue weighted by Crippen LogP contribution is -2.53. The van der Waals surface area contributed by atoms with E-state index in [-0.39, 0.29) is 18.0 Å². The first kappa shape index (κ1) is 17.3. The minimum Gasteiger partial charge on any atom is -0.444 e. The number of nitrogens with one attached hydrogen (secondary N) is 1. The second-order valence-corrected chi connectivity index (χ2v) is 8.69. The number of amides is 2. The van der Waals surface area contributed by atoms with E-state index in [2.05, 4.69) is 21.2 Å². The SMILES string of the molecule is CC(C)(C)OC(=O)N1CCC[C@@H](NC(=O)C(C)(C)Br)C1. The quantitative estimate of drug-likeness (QED) is 0.780. The van der Waals surface area contributed by atoms with Crippen LogP contribution in [0.3, 0.4) is 0 Å². The standard InChI is InChI=1S/C14H25BrN2O3/c1-13(2,3)20-12(19)17-8-6-7-10(9-17)16-11(18)14(4,5)15/h10H,6-9H2,1-5H3,(H,16,18)/t10-/m1/s1. The van der Waals surface area contributed by atoms with Gasteiger partial charge >= 0.3 is 6.09 Å². The summed E-state index contributed by atoms with van der Waals surface area (Å²) in [7, 11) is 0. The number of nitrogens with zero attached hydrogens (tertiary/aromatic N) is 1. The van der Waals surface area contributed by atoms with Crippen LogP contribution in [0.2, 0.25) is 0 Å². The van der Waals surface area contributed by atoms with Crippen molar-refractivity contribution in [2.24, 2.45) is 0 Å². The van der Waals surface area contributed by atoms with E-state index in [9.17, 15) is 9.59 Å². The molecule has 1 atom stereocenters. The minimum atomic E-state index is -0.596. The van der Waals surface area contributed by atoms with Crippen LogP contribution in [-0.2, 0) is 9.53 Å².